The fourth-order valence-corrected chi connectivity index (χ4v) is 6.70. The number of likely N-dealkylation sites (N-methyl/N-ethyl adjacent to an activating group) is 1. The zero-order valence-corrected chi connectivity index (χ0v) is 25.6. The van der Waals surface area contributed by atoms with Gasteiger partial charge in [0.05, 0.1) is 41.8 Å². The lowest BCUT2D eigenvalue weighted by molar-refractivity contribution is 0.0695. The number of carboxylic acids is 1. The summed E-state index contributed by atoms with van der Waals surface area (Å²) in [6.07, 6.45) is 6.38. The Kier molecular flexibility index (Phi) is 7.11. The molecule has 0 bridgehead atoms. The first-order valence-electron chi connectivity index (χ1n) is 15.0. The molecule has 12 heteroatoms. The molecule has 45 heavy (non-hydrogen) atoms. The summed E-state index contributed by atoms with van der Waals surface area (Å²) in [5, 5.41) is 9.82. The van der Waals surface area contributed by atoms with Crippen LogP contribution in [0, 0.1) is 18.7 Å². The first-order valence-corrected chi connectivity index (χ1v) is 15.0. The van der Waals surface area contributed by atoms with Crippen molar-refractivity contribution in [1.29, 1.82) is 0 Å². The van der Waals surface area contributed by atoms with Crippen molar-refractivity contribution in [2.45, 2.75) is 37.9 Å². The molecule has 0 spiro atoms. The van der Waals surface area contributed by atoms with Crippen LogP contribution in [0.1, 0.15) is 28.8 Å². The smallest absolute Gasteiger partial charge is 0.341 e. The SMILES string of the molecule is COc1ccnc(OC[C@H]2C[C@H]3C[C@H]3N2c2cc3c(cc2F)c(=O)c(C(=O)O)cn3-c2ccc(N3CC(N(C)C)C3)nc2)c1C. The number of piperidine rings is 1. The lowest BCUT2D eigenvalue weighted by Crippen LogP contribution is -2.57. The van der Waals surface area contributed by atoms with Crippen molar-refractivity contribution in [2.24, 2.45) is 5.92 Å². The average Bonchev–Trinajstić information content (AvgIpc) is 3.66. The molecule has 3 aliphatic rings. The Balaban J connectivity index is 1.25. The number of carbonyl (C=O) groups is 1. The van der Waals surface area contributed by atoms with Crippen molar-refractivity contribution >= 4 is 28.4 Å². The van der Waals surface area contributed by atoms with Crippen molar-refractivity contribution < 1.29 is 23.8 Å². The molecule has 1 aliphatic carbocycles. The van der Waals surface area contributed by atoms with E-state index in [2.05, 4.69) is 38.8 Å². The molecule has 4 aromatic rings. The van der Waals surface area contributed by atoms with E-state index >= 15 is 4.39 Å². The minimum atomic E-state index is -1.38. The molecule has 0 radical (unpaired) electrons. The van der Waals surface area contributed by atoms with Gasteiger partial charge in [0.25, 0.3) is 0 Å². The van der Waals surface area contributed by atoms with Crippen LogP contribution >= 0.6 is 0 Å². The molecule has 1 aromatic carbocycles. The maximum atomic E-state index is 16.0. The van der Waals surface area contributed by atoms with Gasteiger partial charge >= 0.3 is 5.97 Å². The van der Waals surface area contributed by atoms with Gasteiger partial charge in [0.2, 0.25) is 11.3 Å². The van der Waals surface area contributed by atoms with Crippen LogP contribution in [0.2, 0.25) is 0 Å². The summed E-state index contributed by atoms with van der Waals surface area (Å²) >= 11 is 0. The maximum absolute atomic E-state index is 16.0. The number of methoxy groups -OCH3 is 1. The van der Waals surface area contributed by atoms with E-state index in [1.54, 1.807) is 36.2 Å². The Morgan fingerprint density at radius 3 is 2.64 bits per heavy atom. The minimum absolute atomic E-state index is 0.00709. The van der Waals surface area contributed by atoms with Crippen LogP contribution in [0.5, 0.6) is 11.6 Å². The van der Waals surface area contributed by atoms with E-state index in [1.165, 1.54) is 12.3 Å². The molecule has 234 valence electrons. The predicted molar refractivity (Wildman–Crippen MR) is 168 cm³/mol. The van der Waals surface area contributed by atoms with Gasteiger partial charge in [0.1, 0.15) is 29.6 Å². The highest BCUT2D eigenvalue weighted by atomic mass is 19.1. The molecule has 7 rings (SSSR count). The molecular formula is C33H35FN6O5. The van der Waals surface area contributed by atoms with Gasteiger partial charge in [-0.3, -0.25) is 4.79 Å². The van der Waals surface area contributed by atoms with Crippen LogP contribution in [0.4, 0.5) is 15.9 Å². The Morgan fingerprint density at radius 1 is 1.16 bits per heavy atom. The number of halogens is 1. The number of pyridine rings is 3. The van der Waals surface area contributed by atoms with Gasteiger partial charge in [-0.2, -0.15) is 0 Å². The monoisotopic (exact) mass is 614 g/mol. The fraction of sp³-hybridized carbons (Fsp3) is 0.394. The van der Waals surface area contributed by atoms with Crippen molar-refractivity contribution in [3.63, 3.8) is 0 Å². The topological polar surface area (TPSA) is 113 Å². The Morgan fingerprint density at radius 2 is 1.96 bits per heavy atom. The van der Waals surface area contributed by atoms with E-state index in [4.69, 9.17) is 9.47 Å². The number of aromatic nitrogens is 3. The molecule has 5 heterocycles. The van der Waals surface area contributed by atoms with E-state index in [9.17, 15) is 14.7 Å². The van der Waals surface area contributed by atoms with Crippen LogP contribution in [-0.2, 0) is 0 Å². The number of nitrogens with zero attached hydrogens (tertiary/aromatic N) is 6. The standard InChI is InChI=1S/C33H35FN6O5/c1-18-29(44-4)7-8-35-32(18)45-17-21-9-19-10-26(19)40(21)28-12-27-23(11-25(28)34)31(41)24(33(42)43)16-39(27)20-5-6-30(36-13-20)38-14-22(15-38)37(2)3/h5-8,11-13,16,19,21-22,26H,9-10,14-15,17H2,1-4H3,(H,42,43)/t19-,21+,26+/m0/s1. The number of fused-ring (bicyclic) bond motifs is 2. The van der Waals surface area contributed by atoms with Gasteiger partial charge in [0, 0.05) is 43.0 Å². The van der Waals surface area contributed by atoms with Crippen LogP contribution in [-0.4, -0.2) is 89.5 Å². The third-order valence-electron chi connectivity index (χ3n) is 9.46. The fourth-order valence-electron chi connectivity index (χ4n) is 6.70. The number of hydrogen-bond donors (Lipinski definition) is 1. The van der Waals surface area contributed by atoms with E-state index in [-0.39, 0.29) is 17.5 Å². The second-order valence-corrected chi connectivity index (χ2v) is 12.4. The van der Waals surface area contributed by atoms with Gasteiger partial charge in [-0.25, -0.2) is 19.2 Å². The van der Waals surface area contributed by atoms with Gasteiger partial charge in [-0.05, 0) is 70.1 Å². The molecule has 1 N–H and O–H groups in total. The van der Waals surface area contributed by atoms with Crippen molar-refractivity contribution in [3.05, 3.63) is 76.1 Å². The molecular weight excluding hydrogens is 579 g/mol. The summed E-state index contributed by atoms with van der Waals surface area (Å²) < 4.78 is 29.1. The van der Waals surface area contributed by atoms with E-state index < -0.39 is 22.8 Å². The zero-order chi connectivity index (χ0) is 31.6. The van der Waals surface area contributed by atoms with Gasteiger partial charge in [-0.1, -0.05) is 0 Å². The quantitative estimate of drug-likeness (QED) is 0.299. The first-order chi connectivity index (χ1) is 21.6. The number of carboxylic acid groups (broad SMARTS) is 1. The summed E-state index contributed by atoms with van der Waals surface area (Å²) in [5.74, 6) is 0.427. The number of hydrogen-bond acceptors (Lipinski definition) is 9. The van der Waals surface area contributed by atoms with Crippen LogP contribution in [0.25, 0.3) is 16.6 Å². The molecule has 11 nitrogen and oxygen atoms in total. The highest BCUT2D eigenvalue weighted by Crippen LogP contribution is 2.50. The maximum Gasteiger partial charge on any atom is 0.341 e. The van der Waals surface area contributed by atoms with Crippen LogP contribution in [0.15, 0.2) is 53.7 Å². The van der Waals surface area contributed by atoms with Crippen molar-refractivity contribution in [1.82, 2.24) is 19.4 Å². The number of benzene rings is 1. The molecule has 3 atom stereocenters. The molecule has 1 saturated carbocycles. The lowest BCUT2D eigenvalue weighted by atomic mass is 10.1. The summed E-state index contributed by atoms with van der Waals surface area (Å²) in [5.41, 5.74) is 0.944. The highest BCUT2D eigenvalue weighted by molar-refractivity contribution is 5.94. The van der Waals surface area contributed by atoms with Crippen molar-refractivity contribution in [2.75, 3.05) is 50.7 Å². The lowest BCUT2D eigenvalue weighted by Gasteiger charge is -2.43. The number of rotatable bonds is 9. The predicted octanol–water partition coefficient (Wildman–Crippen LogP) is 3.73. The third-order valence-corrected chi connectivity index (χ3v) is 9.46. The first kappa shape index (κ1) is 29.0. The Hall–Kier alpha value is -4.71. The van der Waals surface area contributed by atoms with E-state index in [1.807, 2.05) is 19.1 Å². The summed E-state index contributed by atoms with van der Waals surface area (Å²) in [6.45, 7) is 3.90. The molecule has 2 aliphatic heterocycles. The highest BCUT2D eigenvalue weighted by Gasteiger charge is 2.53. The van der Waals surface area contributed by atoms with Crippen LogP contribution < -0.4 is 24.7 Å². The van der Waals surface area contributed by atoms with Gasteiger partial charge in [0.15, 0.2) is 0 Å². The molecule has 3 fully saturated rings. The number of aromatic carboxylic acids is 1. The van der Waals surface area contributed by atoms with E-state index in [0.29, 0.717) is 47.1 Å². The van der Waals surface area contributed by atoms with Gasteiger partial charge < -0.3 is 33.8 Å². The second kappa shape index (κ2) is 11.0. The normalized spacial score (nSPS) is 20.8. The largest absolute Gasteiger partial charge is 0.496 e. The number of anilines is 2. The van der Waals surface area contributed by atoms with E-state index in [0.717, 1.165) is 37.3 Å². The summed E-state index contributed by atoms with van der Waals surface area (Å²) in [4.78, 5) is 40.7. The summed E-state index contributed by atoms with van der Waals surface area (Å²) in [7, 11) is 5.70. The second-order valence-electron chi connectivity index (χ2n) is 12.4. The number of ether oxygens (including phenoxy) is 2. The summed E-state index contributed by atoms with van der Waals surface area (Å²) in [6, 6.07) is 8.83. The van der Waals surface area contributed by atoms with Crippen LogP contribution in [0.3, 0.4) is 0 Å². The molecule has 3 aromatic heterocycles. The Labute approximate surface area is 259 Å². The average molecular weight is 615 g/mol. The zero-order valence-electron chi connectivity index (χ0n) is 25.6. The molecule has 0 amide bonds. The third kappa shape index (κ3) is 5.02. The van der Waals surface area contributed by atoms with Crippen molar-refractivity contribution in [3.8, 4) is 17.3 Å². The van der Waals surface area contributed by atoms with Gasteiger partial charge in [-0.15, -0.1) is 0 Å². The molecule has 0 unspecified atom stereocenters. The Bertz CT molecular complexity index is 1860. The molecule has 2 saturated heterocycles. The minimum Gasteiger partial charge on any atom is -0.496 e.